The van der Waals surface area contributed by atoms with Gasteiger partial charge in [-0.25, -0.2) is 4.98 Å². The van der Waals surface area contributed by atoms with E-state index in [1.807, 2.05) is 0 Å². The minimum Gasteiger partial charge on any atom is -0.388 e. The van der Waals surface area contributed by atoms with Crippen LogP contribution in [0, 0.1) is 0 Å². The van der Waals surface area contributed by atoms with Gasteiger partial charge in [-0.1, -0.05) is 12.1 Å². The first-order valence-corrected chi connectivity index (χ1v) is 7.07. The van der Waals surface area contributed by atoms with E-state index in [0.717, 1.165) is 0 Å². The number of H-pyrrole nitrogens is 1. The maximum Gasteiger partial charge on any atom is 0.289 e. The van der Waals surface area contributed by atoms with Crippen molar-refractivity contribution in [2.75, 3.05) is 13.1 Å². The van der Waals surface area contributed by atoms with Gasteiger partial charge in [0, 0.05) is 13.1 Å². The first-order valence-electron chi connectivity index (χ1n) is 7.07. The Kier molecular flexibility index (Phi) is 3.46. The summed E-state index contributed by atoms with van der Waals surface area (Å²) in [6.45, 7) is 1.83. The maximum absolute atomic E-state index is 12.5. The summed E-state index contributed by atoms with van der Waals surface area (Å²) in [5.41, 5.74) is -1.14. The number of aliphatic hydroxyl groups excluding tert-OH is 1. The van der Waals surface area contributed by atoms with Gasteiger partial charge in [-0.05, 0) is 25.5 Å². The molecule has 7 heteroatoms. The fraction of sp³-hybridized carbons (Fsp3) is 0.400. The van der Waals surface area contributed by atoms with Gasteiger partial charge in [0.1, 0.15) is 0 Å². The summed E-state index contributed by atoms with van der Waals surface area (Å²) in [5, 5.41) is 20.2. The molecule has 1 aromatic carbocycles. The van der Waals surface area contributed by atoms with Crippen molar-refractivity contribution in [2.45, 2.75) is 25.0 Å². The third-order valence-corrected chi connectivity index (χ3v) is 4.10. The molecular formula is C15H17N3O4. The van der Waals surface area contributed by atoms with Crippen molar-refractivity contribution in [3.05, 3.63) is 40.4 Å². The molecule has 0 bridgehead atoms. The predicted octanol–water partition coefficient (Wildman–Crippen LogP) is -0.119. The lowest BCUT2D eigenvalue weighted by atomic mass is 9.91. The van der Waals surface area contributed by atoms with E-state index in [2.05, 4.69) is 9.97 Å². The number of carbonyl (C=O) groups excluding carboxylic acids is 1. The number of β-amino-alcohol motifs (C(OH)–C–C–N with tert-alkyl or cyclic N) is 1. The molecule has 116 valence electrons. The molecule has 3 rings (SSSR count). The molecule has 0 radical (unpaired) electrons. The molecule has 0 unspecified atom stereocenters. The van der Waals surface area contributed by atoms with Crippen molar-refractivity contribution in [3.8, 4) is 0 Å². The van der Waals surface area contributed by atoms with Crippen LogP contribution in [0.1, 0.15) is 24.0 Å². The van der Waals surface area contributed by atoms with Gasteiger partial charge in [0.2, 0.25) is 0 Å². The SMILES string of the molecule is C[C@@]1(O)CCN(C(=O)c2nc3ccccc3c(=O)[nH]2)C[C@H]1O. The third kappa shape index (κ3) is 2.49. The fourth-order valence-corrected chi connectivity index (χ4v) is 2.55. The number of benzene rings is 1. The summed E-state index contributed by atoms with van der Waals surface area (Å²) >= 11 is 0. The van der Waals surface area contributed by atoms with Crippen LogP contribution < -0.4 is 5.56 Å². The van der Waals surface area contributed by atoms with Crippen molar-refractivity contribution in [1.29, 1.82) is 0 Å². The smallest absolute Gasteiger partial charge is 0.289 e. The number of likely N-dealkylation sites (tertiary alicyclic amines) is 1. The second-order valence-corrected chi connectivity index (χ2v) is 5.81. The van der Waals surface area contributed by atoms with Gasteiger partial charge in [0.05, 0.1) is 22.6 Å². The van der Waals surface area contributed by atoms with Crippen molar-refractivity contribution >= 4 is 16.8 Å². The summed E-state index contributed by atoms with van der Waals surface area (Å²) < 4.78 is 0. The molecule has 1 aliphatic rings. The minimum absolute atomic E-state index is 0.00235. The number of amides is 1. The van der Waals surface area contributed by atoms with Gasteiger partial charge < -0.3 is 20.1 Å². The monoisotopic (exact) mass is 303 g/mol. The normalized spacial score (nSPS) is 25.4. The molecule has 3 N–H and O–H groups in total. The molecule has 1 saturated heterocycles. The molecule has 2 aromatic rings. The molecule has 22 heavy (non-hydrogen) atoms. The Morgan fingerprint density at radius 3 is 2.91 bits per heavy atom. The Bertz CT molecular complexity index is 784. The number of aromatic nitrogens is 2. The van der Waals surface area contributed by atoms with E-state index in [9.17, 15) is 19.8 Å². The van der Waals surface area contributed by atoms with Crippen molar-refractivity contribution in [1.82, 2.24) is 14.9 Å². The van der Waals surface area contributed by atoms with Gasteiger partial charge in [-0.3, -0.25) is 9.59 Å². The number of piperidine rings is 1. The number of nitrogens with one attached hydrogen (secondary N) is 1. The topological polar surface area (TPSA) is 107 Å². The molecule has 1 amide bonds. The fourth-order valence-electron chi connectivity index (χ4n) is 2.55. The minimum atomic E-state index is -1.21. The molecule has 1 aliphatic heterocycles. The van der Waals surface area contributed by atoms with Crippen LogP contribution in [-0.4, -0.2) is 55.8 Å². The van der Waals surface area contributed by atoms with E-state index >= 15 is 0 Å². The zero-order valence-electron chi connectivity index (χ0n) is 12.1. The van der Waals surface area contributed by atoms with Crippen LogP contribution in [0.15, 0.2) is 29.1 Å². The lowest BCUT2D eigenvalue weighted by Gasteiger charge is -2.39. The number of hydrogen-bond donors (Lipinski definition) is 3. The van der Waals surface area contributed by atoms with Crippen LogP contribution in [0.4, 0.5) is 0 Å². The highest BCUT2D eigenvalue weighted by Crippen LogP contribution is 2.22. The van der Waals surface area contributed by atoms with Gasteiger partial charge in [0.25, 0.3) is 11.5 Å². The summed E-state index contributed by atoms with van der Waals surface area (Å²) in [5.74, 6) is -0.519. The van der Waals surface area contributed by atoms with E-state index in [4.69, 9.17) is 0 Å². The Balaban J connectivity index is 1.91. The quantitative estimate of drug-likeness (QED) is 0.681. The largest absolute Gasteiger partial charge is 0.388 e. The number of aliphatic hydroxyl groups is 2. The molecule has 1 fully saturated rings. The van der Waals surface area contributed by atoms with E-state index in [1.54, 1.807) is 24.3 Å². The number of fused-ring (bicyclic) bond motifs is 1. The summed E-state index contributed by atoms with van der Waals surface area (Å²) in [4.78, 5) is 32.5. The second-order valence-electron chi connectivity index (χ2n) is 5.81. The molecule has 0 saturated carbocycles. The Labute approximate surface area is 126 Å². The van der Waals surface area contributed by atoms with Crippen molar-refractivity contribution in [2.24, 2.45) is 0 Å². The number of hydrogen-bond acceptors (Lipinski definition) is 5. The van der Waals surface area contributed by atoms with Crippen LogP contribution in [0.3, 0.4) is 0 Å². The summed E-state index contributed by atoms with van der Waals surface area (Å²) in [6.07, 6.45) is -0.769. The Morgan fingerprint density at radius 2 is 2.18 bits per heavy atom. The number of carbonyl (C=O) groups is 1. The first kappa shape index (κ1) is 14.7. The molecule has 2 heterocycles. The van der Waals surface area contributed by atoms with Crippen LogP contribution in [0.2, 0.25) is 0 Å². The molecule has 7 nitrogen and oxygen atoms in total. The highest BCUT2D eigenvalue weighted by Gasteiger charge is 2.38. The number of aromatic amines is 1. The van der Waals surface area contributed by atoms with Gasteiger partial charge >= 0.3 is 0 Å². The average Bonchev–Trinajstić information content (AvgIpc) is 2.49. The second kappa shape index (κ2) is 5.19. The third-order valence-electron chi connectivity index (χ3n) is 4.10. The van der Waals surface area contributed by atoms with Crippen LogP contribution >= 0.6 is 0 Å². The van der Waals surface area contributed by atoms with Crippen molar-refractivity contribution < 1.29 is 15.0 Å². The predicted molar refractivity (Wildman–Crippen MR) is 79.5 cm³/mol. The summed E-state index contributed by atoms with van der Waals surface area (Å²) in [7, 11) is 0. The molecule has 0 spiro atoms. The summed E-state index contributed by atoms with van der Waals surface area (Å²) in [6, 6.07) is 6.77. The number of para-hydroxylation sites is 1. The number of rotatable bonds is 1. The molecule has 0 aliphatic carbocycles. The Hall–Kier alpha value is -2.25. The van der Waals surface area contributed by atoms with E-state index in [0.29, 0.717) is 17.4 Å². The lowest BCUT2D eigenvalue weighted by Crippen LogP contribution is -2.55. The molecule has 2 atom stereocenters. The lowest BCUT2D eigenvalue weighted by molar-refractivity contribution is -0.100. The zero-order valence-corrected chi connectivity index (χ0v) is 12.1. The highest BCUT2D eigenvalue weighted by molar-refractivity contribution is 5.92. The highest BCUT2D eigenvalue weighted by atomic mass is 16.3. The molecular weight excluding hydrogens is 286 g/mol. The van der Waals surface area contributed by atoms with E-state index in [1.165, 1.54) is 11.8 Å². The maximum atomic E-state index is 12.5. The van der Waals surface area contributed by atoms with E-state index in [-0.39, 0.29) is 24.3 Å². The van der Waals surface area contributed by atoms with Gasteiger partial charge in [-0.15, -0.1) is 0 Å². The van der Waals surface area contributed by atoms with Gasteiger partial charge in [-0.2, -0.15) is 0 Å². The van der Waals surface area contributed by atoms with Crippen LogP contribution in [-0.2, 0) is 0 Å². The van der Waals surface area contributed by atoms with Crippen LogP contribution in [0.25, 0.3) is 10.9 Å². The van der Waals surface area contributed by atoms with Crippen molar-refractivity contribution in [3.63, 3.8) is 0 Å². The van der Waals surface area contributed by atoms with Gasteiger partial charge in [0.15, 0.2) is 5.82 Å². The molecule has 1 aromatic heterocycles. The number of nitrogens with zero attached hydrogens (tertiary/aromatic N) is 2. The zero-order chi connectivity index (χ0) is 15.9. The standard InChI is InChI=1S/C15H17N3O4/c1-15(22)6-7-18(8-11(15)19)14(21)12-16-10-5-3-2-4-9(10)13(20)17-12/h2-5,11,19,22H,6-8H2,1H3,(H,16,17,20)/t11-,15-/m1/s1. The van der Waals surface area contributed by atoms with E-state index < -0.39 is 17.6 Å². The van der Waals surface area contributed by atoms with Crippen LogP contribution in [0.5, 0.6) is 0 Å². The Morgan fingerprint density at radius 1 is 1.45 bits per heavy atom. The first-order chi connectivity index (χ1) is 10.4. The average molecular weight is 303 g/mol.